The molecule has 0 atom stereocenters. The average molecular weight is 154 g/mol. The van der Waals surface area contributed by atoms with E-state index in [1.165, 1.54) is 0 Å². The van der Waals surface area contributed by atoms with Gasteiger partial charge in [0.1, 0.15) is 0 Å². The van der Waals surface area contributed by atoms with Crippen molar-refractivity contribution in [3.05, 3.63) is 12.8 Å². The second-order valence-corrected chi connectivity index (χ2v) is 3.93. The third-order valence-electron chi connectivity index (χ3n) is 2.38. The molecular formula is C9H18N2. The lowest BCUT2D eigenvalue weighted by molar-refractivity contribution is 0.0721. The van der Waals surface area contributed by atoms with Gasteiger partial charge in [0.15, 0.2) is 0 Å². The third kappa shape index (κ3) is 1.74. The molecule has 2 nitrogen and oxygen atoms in total. The van der Waals surface area contributed by atoms with E-state index < -0.39 is 0 Å². The van der Waals surface area contributed by atoms with Crippen molar-refractivity contribution >= 4 is 0 Å². The van der Waals surface area contributed by atoms with Crippen LogP contribution in [0.1, 0.15) is 13.8 Å². The van der Waals surface area contributed by atoms with Crippen LogP contribution in [0.5, 0.6) is 0 Å². The first-order valence-corrected chi connectivity index (χ1v) is 4.14. The predicted molar refractivity (Wildman–Crippen MR) is 48.5 cm³/mol. The molecule has 1 rings (SSSR count). The first kappa shape index (κ1) is 8.60. The highest BCUT2D eigenvalue weighted by atomic mass is 15.3. The Morgan fingerprint density at radius 3 is 2.45 bits per heavy atom. The molecule has 0 spiro atoms. The van der Waals surface area contributed by atoms with Crippen LogP contribution in [0, 0.1) is 0 Å². The molecule has 0 unspecified atom stereocenters. The van der Waals surface area contributed by atoms with Crippen LogP contribution in [0.4, 0.5) is 0 Å². The minimum absolute atomic E-state index is 0.259. The van der Waals surface area contributed by atoms with Crippen molar-refractivity contribution < 1.29 is 0 Å². The molecule has 0 bridgehead atoms. The van der Waals surface area contributed by atoms with E-state index in [9.17, 15) is 0 Å². The second kappa shape index (κ2) is 2.86. The highest BCUT2D eigenvalue weighted by Gasteiger charge is 2.29. The van der Waals surface area contributed by atoms with E-state index in [1.54, 1.807) is 0 Å². The molecule has 1 saturated heterocycles. The summed E-state index contributed by atoms with van der Waals surface area (Å²) in [6, 6.07) is 0. The van der Waals surface area contributed by atoms with Gasteiger partial charge in [-0.1, -0.05) is 6.58 Å². The Hall–Kier alpha value is -0.500. The van der Waals surface area contributed by atoms with Crippen molar-refractivity contribution in [2.24, 2.45) is 0 Å². The summed E-state index contributed by atoms with van der Waals surface area (Å²) >= 11 is 0. The van der Waals surface area contributed by atoms with Gasteiger partial charge >= 0.3 is 0 Å². The van der Waals surface area contributed by atoms with Gasteiger partial charge in [-0.3, -0.25) is 0 Å². The first-order valence-electron chi connectivity index (χ1n) is 4.14. The molecule has 0 saturated carbocycles. The minimum Gasteiger partial charge on any atom is -0.370 e. The van der Waals surface area contributed by atoms with Gasteiger partial charge in [0, 0.05) is 25.2 Å². The van der Waals surface area contributed by atoms with Crippen LogP contribution in [0.3, 0.4) is 0 Å². The SMILES string of the molecule is C=CN1CCN(C)CC1(C)C. The van der Waals surface area contributed by atoms with Gasteiger partial charge in [0.2, 0.25) is 0 Å². The molecule has 0 aromatic carbocycles. The number of hydrogen-bond donors (Lipinski definition) is 0. The Balaban J connectivity index is 2.63. The summed E-state index contributed by atoms with van der Waals surface area (Å²) in [4.78, 5) is 4.67. The highest BCUT2D eigenvalue weighted by molar-refractivity contribution is 4.93. The van der Waals surface area contributed by atoms with Crippen LogP contribution >= 0.6 is 0 Å². The van der Waals surface area contributed by atoms with Crippen molar-refractivity contribution in [2.45, 2.75) is 19.4 Å². The van der Waals surface area contributed by atoms with Gasteiger partial charge in [-0.05, 0) is 27.1 Å². The van der Waals surface area contributed by atoms with Gasteiger partial charge in [0.05, 0.1) is 0 Å². The number of nitrogens with zero attached hydrogens (tertiary/aromatic N) is 2. The maximum atomic E-state index is 3.81. The number of hydrogen-bond acceptors (Lipinski definition) is 2. The summed E-state index contributed by atoms with van der Waals surface area (Å²) in [6.07, 6.45) is 1.95. The van der Waals surface area contributed by atoms with E-state index >= 15 is 0 Å². The van der Waals surface area contributed by atoms with Crippen molar-refractivity contribution in [3.8, 4) is 0 Å². The van der Waals surface area contributed by atoms with Crippen LogP contribution in [0.15, 0.2) is 12.8 Å². The molecular weight excluding hydrogens is 136 g/mol. The number of piperazine rings is 1. The van der Waals surface area contributed by atoms with E-state index in [0.717, 1.165) is 19.6 Å². The maximum Gasteiger partial charge on any atom is 0.0467 e. The van der Waals surface area contributed by atoms with Gasteiger partial charge in [0.25, 0.3) is 0 Å². The van der Waals surface area contributed by atoms with Gasteiger partial charge in [-0.25, -0.2) is 0 Å². The molecule has 1 aliphatic rings. The van der Waals surface area contributed by atoms with Crippen LogP contribution < -0.4 is 0 Å². The molecule has 0 amide bonds. The molecule has 11 heavy (non-hydrogen) atoms. The lowest BCUT2D eigenvalue weighted by Gasteiger charge is -2.45. The van der Waals surface area contributed by atoms with Crippen LogP contribution in [-0.2, 0) is 0 Å². The number of rotatable bonds is 1. The van der Waals surface area contributed by atoms with Crippen molar-refractivity contribution in [2.75, 3.05) is 26.7 Å². The highest BCUT2D eigenvalue weighted by Crippen LogP contribution is 2.19. The average Bonchev–Trinajstić information content (AvgIpc) is 1.85. The van der Waals surface area contributed by atoms with Crippen LogP contribution in [-0.4, -0.2) is 42.0 Å². The smallest absolute Gasteiger partial charge is 0.0467 e. The van der Waals surface area contributed by atoms with Gasteiger partial charge < -0.3 is 9.80 Å². The van der Waals surface area contributed by atoms with E-state index in [2.05, 4.69) is 37.3 Å². The fourth-order valence-electron chi connectivity index (χ4n) is 1.75. The molecule has 64 valence electrons. The predicted octanol–water partition coefficient (Wildman–Crippen LogP) is 1.16. The second-order valence-electron chi connectivity index (χ2n) is 3.93. The zero-order chi connectivity index (χ0) is 8.48. The molecule has 2 heteroatoms. The molecule has 1 heterocycles. The Bertz CT molecular complexity index is 152. The molecule has 0 aromatic heterocycles. The lowest BCUT2D eigenvalue weighted by atomic mass is 10.00. The quantitative estimate of drug-likeness (QED) is 0.559. The van der Waals surface area contributed by atoms with Crippen molar-refractivity contribution in [3.63, 3.8) is 0 Å². The van der Waals surface area contributed by atoms with E-state index in [1.807, 2.05) is 6.20 Å². The van der Waals surface area contributed by atoms with E-state index in [-0.39, 0.29) is 5.54 Å². The molecule has 0 N–H and O–H groups in total. The summed E-state index contributed by atoms with van der Waals surface area (Å²) in [5.74, 6) is 0. The van der Waals surface area contributed by atoms with E-state index in [0.29, 0.717) is 0 Å². The van der Waals surface area contributed by atoms with Gasteiger partial charge in [-0.2, -0.15) is 0 Å². The van der Waals surface area contributed by atoms with Crippen molar-refractivity contribution in [1.29, 1.82) is 0 Å². The maximum absolute atomic E-state index is 3.81. The standard InChI is InChI=1S/C9H18N2/c1-5-11-7-6-10(4)8-9(11,2)3/h5H,1,6-8H2,2-4H3. The summed E-state index contributed by atoms with van der Waals surface area (Å²) in [5, 5.41) is 0. The van der Waals surface area contributed by atoms with Gasteiger partial charge in [-0.15, -0.1) is 0 Å². The number of likely N-dealkylation sites (N-methyl/N-ethyl adjacent to an activating group) is 1. The summed E-state index contributed by atoms with van der Waals surface area (Å²) in [6.45, 7) is 11.7. The fraction of sp³-hybridized carbons (Fsp3) is 0.778. The molecule has 1 aliphatic heterocycles. The van der Waals surface area contributed by atoms with Crippen LogP contribution in [0.25, 0.3) is 0 Å². The normalized spacial score (nSPS) is 25.2. The first-order chi connectivity index (χ1) is 5.06. The minimum atomic E-state index is 0.259. The Labute approximate surface area is 69.5 Å². The van der Waals surface area contributed by atoms with Crippen LogP contribution in [0.2, 0.25) is 0 Å². The zero-order valence-corrected chi connectivity index (χ0v) is 7.80. The lowest BCUT2D eigenvalue weighted by Crippen LogP contribution is -2.55. The van der Waals surface area contributed by atoms with Crippen molar-refractivity contribution in [1.82, 2.24) is 9.80 Å². The Kier molecular flexibility index (Phi) is 2.23. The topological polar surface area (TPSA) is 6.48 Å². The Morgan fingerprint density at radius 1 is 1.36 bits per heavy atom. The summed E-state index contributed by atoms with van der Waals surface area (Å²) < 4.78 is 0. The fourth-order valence-corrected chi connectivity index (χ4v) is 1.75. The monoisotopic (exact) mass is 154 g/mol. The third-order valence-corrected chi connectivity index (χ3v) is 2.38. The largest absolute Gasteiger partial charge is 0.370 e. The summed E-state index contributed by atoms with van der Waals surface area (Å²) in [5.41, 5.74) is 0.259. The molecule has 0 aliphatic carbocycles. The molecule has 1 fully saturated rings. The molecule has 0 aromatic rings. The Morgan fingerprint density at radius 2 is 2.00 bits per heavy atom. The van der Waals surface area contributed by atoms with E-state index in [4.69, 9.17) is 0 Å². The summed E-state index contributed by atoms with van der Waals surface area (Å²) in [7, 11) is 2.17. The zero-order valence-electron chi connectivity index (χ0n) is 7.80. The molecule has 0 radical (unpaired) electrons.